The van der Waals surface area contributed by atoms with Crippen molar-refractivity contribution in [1.29, 1.82) is 0 Å². The van der Waals surface area contributed by atoms with E-state index in [9.17, 15) is 14.4 Å². The molecule has 27 heavy (non-hydrogen) atoms. The Labute approximate surface area is 154 Å². The van der Waals surface area contributed by atoms with Gasteiger partial charge in [0, 0.05) is 30.8 Å². The number of aromatic nitrogens is 2. The van der Waals surface area contributed by atoms with Gasteiger partial charge in [-0.15, -0.1) is 0 Å². The van der Waals surface area contributed by atoms with Crippen LogP contribution >= 0.6 is 0 Å². The van der Waals surface area contributed by atoms with Crippen molar-refractivity contribution in [2.75, 3.05) is 12.4 Å². The molecule has 2 aromatic heterocycles. The van der Waals surface area contributed by atoms with Gasteiger partial charge >= 0.3 is 0 Å². The van der Waals surface area contributed by atoms with Gasteiger partial charge in [0.2, 0.25) is 5.91 Å². The van der Waals surface area contributed by atoms with Gasteiger partial charge in [-0.2, -0.15) is 5.10 Å². The van der Waals surface area contributed by atoms with Crippen LogP contribution in [-0.2, 0) is 11.2 Å². The number of aromatic amines is 1. The highest BCUT2D eigenvalue weighted by atomic mass is 16.3. The lowest BCUT2D eigenvalue weighted by Crippen LogP contribution is -2.19. The van der Waals surface area contributed by atoms with E-state index in [-0.39, 0.29) is 23.5 Å². The van der Waals surface area contributed by atoms with Crippen molar-refractivity contribution >= 4 is 28.6 Å². The van der Waals surface area contributed by atoms with Crippen LogP contribution < -0.4 is 16.1 Å². The summed E-state index contributed by atoms with van der Waals surface area (Å²) >= 11 is 0. The highest BCUT2D eigenvalue weighted by molar-refractivity contribution is 5.94. The number of amides is 2. The second kappa shape index (κ2) is 6.71. The molecule has 2 heterocycles. The number of nitrogens with one attached hydrogen (secondary N) is 3. The fourth-order valence-electron chi connectivity index (χ4n) is 2.93. The molecular formula is C19H18N4O4. The summed E-state index contributed by atoms with van der Waals surface area (Å²) in [6.45, 7) is 0. The van der Waals surface area contributed by atoms with Gasteiger partial charge in [-0.3, -0.25) is 19.5 Å². The van der Waals surface area contributed by atoms with Crippen LogP contribution in [0.3, 0.4) is 0 Å². The standard InChI is InChI=1S/C19H18N4O4/c1-20-19(26)16-9-14(24)12-6-10(2-5-15(12)27-16)7-18(25)21-17-8-13(22-23-17)11-3-4-11/h2,5-6,8-9,11H,3-4,7H2,1H3,(H,20,26)(H2,21,22,23,25). The Bertz CT molecular complexity index is 1090. The molecule has 2 amide bonds. The summed E-state index contributed by atoms with van der Waals surface area (Å²) in [7, 11) is 1.46. The maximum Gasteiger partial charge on any atom is 0.286 e. The minimum atomic E-state index is -0.470. The van der Waals surface area contributed by atoms with Gasteiger partial charge in [-0.1, -0.05) is 6.07 Å². The van der Waals surface area contributed by atoms with Crippen LogP contribution in [0.15, 0.2) is 39.5 Å². The molecule has 0 atom stereocenters. The third kappa shape index (κ3) is 3.59. The Kier molecular flexibility index (Phi) is 4.23. The zero-order chi connectivity index (χ0) is 19.0. The number of anilines is 1. The molecular weight excluding hydrogens is 348 g/mol. The fraction of sp³-hybridized carbons (Fsp3) is 0.263. The Morgan fingerprint density at radius 3 is 2.81 bits per heavy atom. The summed E-state index contributed by atoms with van der Waals surface area (Å²) < 4.78 is 5.46. The molecule has 8 heteroatoms. The molecule has 4 rings (SSSR count). The molecule has 0 unspecified atom stereocenters. The Morgan fingerprint density at radius 1 is 1.26 bits per heavy atom. The van der Waals surface area contributed by atoms with Crippen molar-refractivity contribution in [3.63, 3.8) is 0 Å². The SMILES string of the molecule is CNC(=O)c1cc(=O)c2cc(CC(=O)Nc3cc(C4CC4)[nH]n3)ccc2o1. The van der Waals surface area contributed by atoms with Crippen molar-refractivity contribution in [3.8, 4) is 0 Å². The van der Waals surface area contributed by atoms with Crippen LogP contribution in [0.2, 0.25) is 0 Å². The van der Waals surface area contributed by atoms with E-state index >= 15 is 0 Å². The van der Waals surface area contributed by atoms with E-state index in [1.54, 1.807) is 18.2 Å². The Balaban J connectivity index is 1.51. The van der Waals surface area contributed by atoms with Gasteiger partial charge in [0.15, 0.2) is 17.0 Å². The molecule has 1 aliphatic rings. The van der Waals surface area contributed by atoms with E-state index in [0.29, 0.717) is 28.3 Å². The van der Waals surface area contributed by atoms with Crippen LogP contribution in [0.5, 0.6) is 0 Å². The summed E-state index contributed by atoms with van der Waals surface area (Å²) in [5.74, 6) is 0.280. The minimum Gasteiger partial charge on any atom is -0.451 e. The summed E-state index contributed by atoms with van der Waals surface area (Å²) in [6.07, 6.45) is 2.39. The highest BCUT2D eigenvalue weighted by Gasteiger charge is 2.25. The zero-order valence-corrected chi connectivity index (χ0v) is 14.7. The molecule has 0 bridgehead atoms. The predicted octanol–water partition coefficient (Wildman–Crippen LogP) is 1.93. The maximum atomic E-state index is 12.3. The smallest absolute Gasteiger partial charge is 0.286 e. The number of hydrogen-bond acceptors (Lipinski definition) is 5. The van der Waals surface area contributed by atoms with Crippen LogP contribution in [0.4, 0.5) is 5.82 Å². The average molecular weight is 366 g/mol. The lowest BCUT2D eigenvalue weighted by Gasteiger charge is -2.05. The van der Waals surface area contributed by atoms with Gasteiger partial charge in [-0.25, -0.2) is 0 Å². The van der Waals surface area contributed by atoms with Crippen molar-refractivity contribution in [3.05, 3.63) is 57.6 Å². The quantitative estimate of drug-likeness (QED) is 0.638. The molecule has 1 aliphatic carbocycles. The first-order valence-corrected chi connectivity index (χ1v) is 8.67. The number of rotatable bonds is 5. The first-order chi connectivity index (χ1) is 13.0. The minimum absolute atomic E-state index is 0.0505. The number of H-pyrrole nitrogens is 1. The molecule has 1 saturated carbocycles. The van der Waals surface area contributed by atoms with E-state index in [4.69, 9.17) is 4.42 Å². The second-order valence-corrected chi connectivity index (χ2v) is 6.59. The van der Waals surface area contributed by atoms with Crippen LogP contribution in [0, 0.1) is 0 Å². The van der Waals surface area contributed by atoms with E-state index in [1.165, 1.54) is 7.05 Å². The third-order valence-electron chi connectivity index (χ3n) is 4.49. The zero-order valence-electron chi connectivity index (χ0n) is 14.7. The Morgan fingerprint density at radius 2 is 2.07 bits per heavy atom. The monoisotopic (exact) mass is 366 g/mol. The fourth-order valence-corrected chi connectivity index (χ4v) is 2.93. The van der Waals surface area contributed by atoms with E-state index in [0.717, 1.165) is 24.6 Å². The number of carbonyl (C=O) groups is 2. The highest BCUT2D eigenvalue weighted by Crippen LogP contribution is 2.39. The summed E-state index contributed by atoms with van der Waals surface area (Å²) in [5.41, 5.74) is 1.67. The number of nitrogens with zero attached hydrogens (tertiary/aromatic N) is 1. The molecule has 1 fully saturated rings. The Hall–Kier alpha value is -3.42. The molecule has 1 aromatic carbocycles. The van der Waals surface area contributed by atoms with E-state index in [1.807, 2.05) is 6.07 Å². The molecule has 3 aromatic rings. The first-order valence-electron chi connectivity index (χ1n) is 8.67. The third-order valence-corrected chi connectivity index (χ3v) is 4.49. The van der Waals surface area contributed by atoms with Gasteiger partial charge < -0.3 is 15.1 Å². The van der Waals surface area contributed by atoms with E-state index in [2.05, 4.69) is 20.8 Å². The van der Waals surface area contributed by atoms with Crippen molar-refractivity contribution in [2.24, 2.45) is 0 Å². The van der Waals surface area contributed by atoms with Gasteiger partial charge in [0.05, 0.1) is 11.8 Å². The first kappa shape index (κ1) is 17.0. The molecule has 0 spiro atoms. The number of benzene rings is 1. The normalized spacial score (nSPS) is 13.5. The van der Waals surface area contributed by atoms with Crippen molar-refractivity contribution in [1.82, 2.24) is 15.5 Å². The maximum absolute atomic E-state index is 12.3. The largest absolute Gasteiger partial charge is 0.451 e. The molecule has 0 saturated heterocycles. The molecule has 138 valence electrons. The summed E-state index contributed by atoms with van der Waals surface area (Å²) in [5, 5.41) is 12.5. The van der Waals surface area contributed by atoms with Gasteiger partial charge in [0.25, 0.3) is 5.91 Å². The number of carbonyl (C=O) groups excluding carboxylic acids is 2. The van der Waals surface area contributed by atoms with Crippen LogP contribution in [-0.4, -0.2) is 29.1 Å². The topological polar surface area (TPSA) is 117 Å². The average Bonchev–Trinajstić information content (AvgIpc) is 3.41. The number of fused-ring (bicyclic) bond motifs is 1. The predicted molar refractivity (Wildman–Crippen MR) is 98.8 cm³/mol. The molecule has 0 radical (unpaired) electrons. The molecule has 3 N–H and O–H groups in total. The number of hydrogen-bond donors (Lipinski definition) is 3. The van der Waals surface area contributed by atoms with Gasteiger partial charge in [-0.05, 0) is 30.5 Å². The molecule has 8 nitrogen and oxygen atoms in total. The van der Waals surface area contributed by atoms with Crippen molar-refractivity contribution < 1.29 is 14.0 Å². The lowest BCUT2D eigenvalue weighted by atomic mass is 10.1. The second-order valence-electron chi connectivity index (χ2n) is 6.59. The summed E-state index contributed by atoms with van der Waals surface area (Å²) in [6, 6.07) is 7.89. The lowest BCUT2D eigenvalue weighted by molar-refractivity contribution is -0.115. The molecule has 0 aliphatic heterocycles. The van der Waals surface area contributed by atoms with Crippen LogP contribution in [0.1, 0.15) is 40.6 Å². The van der Waals surface area contributed by atoms with Crippen molar-refractivity contribution in [2.45, 2.75) is 25.2 Å². The van der Waals surface area contributed by atoms with Gasteiger partial charge in [0.1, 0.15) is 5.58 Å². The van der Waals surface area contributed by atoms with Crippen LogP contribution in [0.25, 0.3) is 11.0 Å². The summed E-state index contributed by atoms with van der Waals surface area (Å²) in [4.78, 5) is 36.2. The van der Waals surface area contributed by atoms with E-state index < -0.39 is 5.91 Å².